The van der Waals surface area contributed by atoms with E-state index in [2.05, 4.69) is 0 Å². The first-order valence-electron chi connectivity index (χ1n) is 7.29. The first kappa shape index (κ1) is 14.8. The molecule has 22 heavy (non-hydrogen) atoms. The van der Waals surface area contributed by atoms with E-state index in [9.17, 15) is 14.7 Å². The highest BCUT2D eigenvalue weighted by atomic mass is 32.1. The number of aliphatic carboxylic acids is 1. The third-order valence-corrected chi connectivity index (χ3v) is 5.21. The van der Waals surface area contributed by atoms with E-state index >= 15 is 0 Å². The average molecular weight is 315 g/mol. The molecule has 2 aromatic rings. The molecule has 0 aliphatic heterocycles. The SMILES string of the molecule is Nc1ccc(-c2ccc(C(=O)[C@@H]3CCC[C@H]3C(=O)O)cc2)s1. The van der Waals surface area contributed by atoms with Crippen molar-refractivity contribution < 1.29 is 14.7 Å². The second kappa shape index (κ2) is 5.93. The van der Waals surface area contributed by atoms with Crippen LogP contribution in [0, 0.1) is 11.8 Å². The molecule has 0 radical (unpaired) electrons. The van der Waals surface area contributed by atoms with Gasteiger partial charge in [0, 0.05) is 16.4 Å². The molecule has 4 nitrogen and oxygen atoms in total. The standard InChI is InChI=1S/C17H17NO3S/c18-15-9-8-14(22-15)10-4-6-11(7-5-10)16(19)12-2-1-3-13(12)17(20)21/h4-9,12-13H,1-3,18H2,(H,20,21)/t12-,13-/m1/s1. The Labute approximate surface area is 132 Å². The first-order chi connectivity index (χ1) is 10.6. The summed E-state index contributed by atoms with van der Waals surface area (Å²) >= 11 is 1.50. The molecule has 1 heterocycles. The van der Waals surface area contributed by atoms with Crippen molar-refractivity contribution in [2.24, 2.45) is 11.8 Å². The van der Waals surface area contributed by atoms with Gasteiger partial charge in [0.1, 0.15) is 0 Å². The molecule has 0 spiro atoms. The monoisotopic (exact) mass is 315 g/mol. The maximum absolute atomic E-state index is 12.5. The number of carbonyl (C=O) groups is 2. The Balaban J connectivity index is 1.80. The minimum absolute atomic E-state index is 0.0536. The molecule has 0 amide bonds. The van der Waals surface area contributed by atoms with Gasteiger partial charge in [-0.15, -0.1) is 11.3 Å². The van der Waals surface area contributed by atoms with Gasteiger partial charge in [-0.1, -0.05) is 30.7 Å². The number of nitrogen functional groups attached to an aromatic ring is 1. The summed E-state index contributed by atoms with van der Waals surface area (Å²) in [4.78, 5) is 24.8. The van der Waals surface area contributed by atoms with E-state index in [0.29, 0.717) is 18.4 Å². The average Bonchev–Trinajstić information content (AvgIpc) is 3.15. The van der Waals surface area contributed by atoms with Crippen molar-refractivity contribution in [1.82, 2.24) is 0 Å². The summed E-state index contributed by atoms with van der Waals surface area (Å²) in [5.74, 6) is -1.84. The van der Waals surface area contributed by atoms with Crippen molar-refractivity contribution in [2.45, 2.75) is 19.3 Å². The highest BCUT2D eigenvalue weighted by Crippen LogP contribution is 2.35. The fourth-order valence-electron chi connectivity index (χ4n) is 3.09. The van der Waals surface area contributed by atoms with Crippen LogP contribution >= 0.6 is 11.3 Å². The lowest BCUT2D eigenvalue weighted by atomic mass is 9.88. The molecule has 1 aromatic carbocycles. The van der Waals surface area contributed by atoms with Crippen molar-refractivity contribution in [3.05, 3.63) is 42.0 Å². The van der Waals surface area contributed by atoms with E-state index < -0.39 is 11.9 Å². The van der Waals surface area contributed by atoms with Crippen LogP contribution in [0.15, 0.2) is 36.4 Å². The number of ketones is 1. The first-order valence-corrected chi connectivity index (χ1v) is 8.10. The van der Waals surface area contributed by atoms with Gasteiger partial charge in [-0.25, -0.2) is 0 Å². The number of carboxylic acid groups (broad SMARTS) is 1. The number of hydrogen-bond donors (Lipinski definition) is 2. The summed E-state index contributed by atoms with van der Waals surface area (Å²) in [6.45, 7) is 0. The molecule has 1 aromatic heterocycles. The minimum atomic E-state index is -0.860. The van der Waals surface area contributed by atoms with Gasteiger partial charge in [-0.05, 0) is 30.5 Å². The highest BCUT2D eigenvalue weighted by Gasteiger charge is 2.37. The number of Topliss-reactive ketones (excluding diaryl/α,β-unsaturated/α-hetero) is 1. The number of benzene rings is 1. The van der Waals surface area contributed by atoms with Crippen LogP contribution in [0.2, 0.25) is 0 Å². The molecule has 5 heteroatoms. The van der Waals surface area contributed by atoms with Gasteiger partial charge in [0.2, 0.25) is 0 Å². The van der Waals surface area contributed by atoms with Crippen LogP contribution < -0.4 is 5.73 Å². The smallest absolute Gasteiger partial charge is 0.307 e. The zero-order chi connectivity index (χ0) is 15.7. The maximum Gasteiger partial charge on any atom is 0.307 e. The van der Waals surface area contributed by atoms with Crippen LogP contribution in [0.3, 0.4) is 0 Å². The number of nitrogens with two attached hydrogens (primary N) is 1. The summed E-state index contributed by atoms with van der Waals surface area (Å²) in [5, 5.41) is 9.97. The van der Waals surface area contributed by atoms with Crippen LogP contribution in [-0.2, 0) is 4.79 Å². The topological polar surface area (TPSA) is 80.4 Å². The lowest BCUT2D eigenvalue weighted by molar-refractivity contribution is -0.142. The normalized spacial score (nSPS) is 20.9. The van der Waals surface area contributed by atoms with E-state index in [-0.39, 0.29) is 11.7 Å². The van der Waals surface area contributed by atoms with Gasteiger partial charge in [-0.3, -0.25) is 9.59 Å². The second-order valence-electron chi connectivity index (χ2n) is 5.63. The van der Waals surface area contributed by atoms with Crippen LogP contribution in [-0.4, -0.2) is 16.9 Å². The summed E-state index contributed by atoms with van der Waals surface area (Å²) in [7, 11) is 0. The number of carboxylic acids is 1. The fraction of sp³-hybridized carbons (Fsp3) is 0.294. The Hall–Kier alpha value is -2.14. The summed E-state index contributed by atoms with van der Waals surface area (Å²) in [6.07, 6.45) is 2.07. The molecular weight excluding hydrogens is 298 g/mol. The maximum atomic E-state index is 12.5. The molecule has 0 bridgehead atoms. The van der Waals surface area contributed by atoms with Crippen LogP contribution in [0.1, 0.15) is 29.6 Å². The minimum Gasteiger partial charge on any atom is -0.481 e. The highest BCUT2D eigenvalue weighted by molar-refractivity contribution is 7.19. The van der Waals surface area contributed by atoms with E-state index in [1.165, 1.54) is 11.3 Å². The van der Waals surface area contributed by atoms with Crippen LogP contribution in [0.5, 0.6) is 0 Å². The predicted octanol–water partition coefficient (Wildman–Crippen LogP) is 3.68. The van der Waals surface area contributed by atoms with Crippen LogP contribution in [0.4, 0.5) is 5.00 Å². The van der Waals surface area contributed by atoms with E-state index in [0.717, 1.165) is 21.9 Å². The molecule has 1 saturated carbocycles. The Morgan fingerprint density at radius 1 is 1.05 bits per heavy atom. The van der Waals surface area contributed by atoms with Gasteiger partial charge in [0.05, 0.1) is 10.9 Å². The van der Waals surface area contributed by atoms with Gasteiger partial charge in [-0.2, -0.15) is 0 Å². The Morgan fingerprint density at radius 3 is 2.32 bits per heavy atom. The van der Waals surface area contributed by atoms with Crippen LogP contribution in [0.25, 0.3) is 10.4 Å². The molecule has 3 N–H and O–H groups in total. The van der Waals surface area contributed by atoms with Gasteiger partial charge in [0.25, 0.3) is 0 Å². The lowest BCUT2D eigenvalue weighted by Crippen LogP contribution is -2.25. The zero-order valence-electron chi connectivity index (χ0n) is 12.0. The number of carbonyl (C=O) groups excluding carboxylic acids is 1. The van der Waals surface area contributed by atoms with Crippen molar-refractivity contribution in [2.75, 3.05) is 5.73 Å². The Bertz CT molecular complexity index is 705. The molecular formula is C17H17NO3S. The second-order valence-corrected chi connectivity index (χ2v) is 6.74. The van der Waals surface area contributed by atoms with E-state index in [1.807, 2.05) is 24.3 Å². The van der Waals surface area contributed by atoms with E-state index in [1.54, 1.807) is 12.1 Å². The fourth-order valence-corrected chi connectivity index (χ4v) is 3.87. The Morgan fingerprint density at radius 2 is 1.73 bits per heavy atom. The van der Waals surface area contributed by atoms with Gasteiger partial charge < -0.3 is 10.8 Å². The zero-order valence-corrected chi connectivity index (χ0v) is 12.8. The number of thiophene rings is 1. The summed E-state index contributed by atoms with van der Waals surface area (Å²) in [5.41, 5.74) is 7.33. The summed E-state index contributed by atoms with van der Waals surface area (Å²) < 4.78 is 0. The van der Waals surface area contributed by atoms with Crippen molar-refractivity contribution in [1.29, 1.82) is 0 Å². The molecule has 1 fully saturated rings. The molecule has 1 aliphatic rings. The third kappa shape index (κ3) is 2.76. The molecule has 0 unspecified atom stereocenters. The van der Waals surface area contributed by atoms with Crippen molar-refractivity contribution in [3.8, 4) is 10.4 Å². The number of hydrogen-bond acceptors (Lipinski definition) is 4. The largest absolute Gasteiger partial charge is 0.481 e. The van der Waals surface area contributed by atoms with Gasteiger partial charge in [0.15, 0.2) is 5.78 Å². The summed E-state index contributed by atoms with van der Waals surface area (Å²) in [6, 6.07) is 11.2. The molecule has 3 rings (SSSR count). The molecule has 1 aliphatic carbocycles. The third-order valence-electron chi connectivity index (χ3n) is 4.25. The van der Waals surface area contributed by atoms with E-state index in [4.69, 9.17) is 5.73 Å². The number of rotatable bonds is 4. The molecule has 0 saturated heterocycles. The number of anilines is 1. The predicted molar refractivity (Wildman–Crippen MR) is 87.0 cm³/mol. The van der Waals surface area contributed by atoms with Crippen molar-refractivity contribution in [3.63, 3.8) is 0 Å². The quantitative estimate of drug-likeness (QED) is 0.843. The Kier molecular flexibility index (Phi) is 3.98. The van der Waals surface area contributed by atoms with Crippen molar-refractivity contribution >= 4 is 28.1 Å². The van der Waals surface area contributed by atoms with Gasteiger partial charge >= 0.3 is 5.97 Å². The molecule has 114 valence electrons. The lowest BCUT2D eigenvalue weighted by Gasteiger charge is -2.14. The molecule has 2 atom stereocenters.